The zero-order valence-electron chi connectivity index (χ0n) is 20.2. The van der Waals surface area contributed by atoms with E-state index < -0.39 is 0 Å². The number of methoxy groups -OCH3 is 1. The molecule has 2 aliphatic heterocycles. The topological polar surface area (TPSA) is 54.5 Å². The average Bonchev–Trinajstić information content (AvgIpc) is 3.55. The third kappa shape index (κ3) is 4.45. The number of aromatic nitrogens is 1. The van der Waals surface area contributed by atoms with Gasteiger partial charge in [0.1, 0.15) is 5.75 Å². The standard InChI is InChI=1S/C30H28ClN3O2/c1-36-29-15-24-18-34(30(35)28-14-22(16-32-28)20-6-4-7-25(31)12-20)17-23(24)11-21(29)13-26-10-9-19-5-2-3-8-27(19)33-26/h2-12,15,22,28,32H,13-14,16-18H2,1H3/t22-,28-/m1/s1. The number of para-hydroxylation sites is 1. The van der Waals surface area contributed by atoms with E-state index in [1.54, 1.807) is 7.11 Å². The van der Waals surface area contributed by atoms with Crippen LogP contribution in [-0.2, 0) is 24.3 Å². The Labute approximate surface area is 216 Å². The van der Waals surface area contributed by atoms with Gasteiger partial charge in [0.15, 0.2) is 0 Å². The Morgan fingerprint density at radius 2 is 1.89 bits per heavy atom. The molecular weight excluding hydrogens is 470 g/mol. The van der Waals surface area contributed by atoms with Crippen molar-refractivity contribution in [3.8, 4) is 5.75 Å². The lowest BCUT2D eigenvalue weighted by atomic mass is 9.96. The quantitative estimate of drug-likeness (QED) is 0.397. The van der Waals surface area contributed by atoms with E-state index in [1.807, 2.05) is 41.3 Å². The number of ether oxygens (including phenoxy) is 1. The summed E-state index contributed by atoms with van der Waals surface area (Å²) < 4.78 is 5.74. The highest BCUT2D eigenvalue weighted by atomic mass is 35.5. The van der Waals surface area contributed by atoms with Crippen molar-refractivity contribution < 1.29 is 9.53 Å². The Kier molecular flexibility index (Phi) is 6.12. The van der Waals surface area contributed by atoms with Gasteiger partial charge in [0.25, 0.3) is 0 Å². The monoisotopic (exact) mass is 497 g/mol. The van der Waals surface area contributed by atoms with Crippen molar-refractivity contribution in [1.82, 2.24) is 15.2 Å². The second-order valence-electron chi connectivity index (χ2n) is 9.75. The lowest BCUT2D eigenvalue weighted by Gasteiger charge is -2.20. The summed E-state index contributed by atoms with van der Waals surface area (Å²) >= 11 is 6.18. The van der Waals surface area contributed by atoms with Crippen molar-refractivity contribution in [2.45, 2.75) is 37.9 Å². The van der Waals surface area contributed by atoms with E-state index in [2.05, 4.69) is 41.7 Å². The molecule has 0 saturated carbocycles. The number of benzene rings is 3. The smallest absolute Gasteiger partial charge is 0.240 e. The third-order valence-electron chi connectivity index (χ3n) is 7.41. The number of nitrogens with one attached hydrogen (secondary N) is 1. The summed E-state index contributed by atoms with van der Waals surface area (Å²) in [5, 5.41) is 5.31. The molecule has 0 aliphatic carbocycles. The van der Waals surface area contributed by atoms with E-state index in [0.717, 1.165) is 51.5 Å². The summed E-state index contributed by atoms with van der Waals surface area (Å²) in [5.41, 5.74) is 6.61. The Bertz CT molecular complexity index is 1450. The molecule has 3 heterocycles. The minimum Gasteiger partial charge on any atom is -0.496 e. The zero-order chi connectivity index (χ0) is 24.6. The molecule has 36 heavy (non-hydrogen) atoms. The van der Waals surface area contributed by atoms with Crippen molar-refractivity contribution in [2.24, 2.45) is 0 Å². The highest BCUT2D eigenvalue weighted by Crippen LogP contribution is 2.34. The van der Waals surface area contributed by atoms with Crippen LogP contribution >= 0.6 is 11.6 Å². The first-order valence-electron chi connectivity index (χ1n) is 12.4. The Morgan fingerprint density at radius 1 is 1.06 bits per heavy atom. The zero-order valence-corrected chi connectivity index (χ0v) is 21.0. The highest BCUT2D eigenvalue weighted by Gasteiger charge is 2.35. The van der Waals surface area contributed by atoms with Crippen LogP contribution in [0.4, 0.5) is 0 Å². The first-order valence-corrected chi connectivity index (χ1v) is 12.8. The SMILES string of the molecule is COc1cc2c(cc1Cc1ccc3ccccc3n1)CN(C(=O)[C@H]1C[C@@H](c3cccc(Cl)c3)CN1)C2. The fraction of sp³-hybridized carbons (Fsp3) is 0.267. The van der Waals surface area contributed by atoms with Gasteiger partial charge in [-0.15, -0.1) is 0 Å². The molecule has 3 aromatic carbocycles. The number of halogens is 1. The predicted molar refractivity (Wildman–Crippen MR) is 142 cm³/mol. The second kappa shape index (κ2) is 9.57. The lowest BCUT2D eigenvalue weighted by molar-refractivity contribution is -0.133. The summed E-state index contributed by atoms with van der Waals surface area (Å²) in [6.07, 6.45) is 1.47. The molecule has 5 nitrogen and oxygen atoms in total. The first-order chi connectivity index (χ1) is 17.6. The van der Waals surface area contributed by atoms with E-state index in [0.29, 0.717) is 25.4 Å². The van der Waals surface area contributed by atoms with E-state index in [9.17, 15) is 4.79 Å². The number of fused-ring (bicyclic) bond motifs is 2. The van der Waals surface area contributed by atoms with Crippen molar-refractivity contribution in [2.75, 3.05) is 13.7 Å². The number of amides is 1. The molecule has 6 heteroatoms. The van der Waals surface area contributed by atoms with Crippen LogP contribution < -0.4 is 10.1 Å². The molecule has 4 aromatic rings. The van der Waals surface area contributed by atoms with Crippen LogP contribution in [-0.4, -0.2) is 35.5 Å². The molecule has 1 amide bonds. The van der Waals surface area contributed by atoms with Gasteiger partial charge in [-0.3, -0.25) is 9.78 Å². The molecule has 1 fully saturated rings. The Balaban J connectivity index is 1.17. The molecule has 0 spiro atoms. The molecule has 1 saturated heterocycles. The fourth-order valence-electron chi connectivity index (χ4n) is 5.52. The van der Waals surface area contributed by atoms with Gasteiger partial charge in [-0.1, -0.05) is 48.0 Å². The number of nitrogens with zero attached hydrogens (tertiary/aromatic N) is 2. The molecule has 2 aliphatic rings. The average molecular weight is 498 g/mol. The second-order valence-corrected chi connectivity index (χ2v) is 10.2. The van der Waals surface area contributed by atoms with Crippen LogP contribution in [0, 0.1) is 0 Å². The summed E-state index contributed by atoms with van der Waals surface area (Å²) in [6.45, 7) is 2.02. The van der Waals surface area contributed by atoms with Gasteiger partial charge in [-0.05, 0) is 65.4 Å². The van der Waals surface area contributed by atoms with Gasteiger partial charge in [-0.25, -0.2) is 0 Å². The fourth-order valence-corrected chi connectivity index (χ4v) is 5.72. The molecule has 0 bridgehead atoms. The van der Waals surface area contributed by atoms with Gasteiger partial charge >= 0.3 is 0 Å². The van der Waals surface area contributed by atoms with Gasteiger partial charge in [0, 0.05) is 47.7 Å². The van der Waals surface area contributed by atoms with Crippen LogP contribution in [0.2, 0.25) is 5.02 Å². The number of rotatable bonds is 5. The summed E-state index contributed by atoms with van der Waals surface area (Å²) in [5.74, 6) is 1.30. The summed E-state index contributed by atoms with van der Waals surface area (Å²) in [7, 11) is 1.70. The summed E-state index contributed by atoms with van der Waals surface area (Å²) in [4.78, 5) is 20.2. The van der Waals surface area contributed by atoms with Gasteiger partial charge in [0.2, 0.25) is 5.91 Å². The van der Waals surface area contributed by atoms with E-state index in [1.165, 1.54) is 11.1 Å². The molecule has 6 rings (SSSR count). The Hall–Kier alpha value is -3.41. The van der Waals surface area contributed by atoms with E-state index in [-0.39, 0.29) is 11.9 Å². The summed E-state index contributed by atoms with van der Waals surface area (Å²) in [6, 6.07) is 24.4. The number of hydrogen-bond donors (Lipinski definition) is 1. The molecular formula is C30H28ClN3O2. The maximum atomic E-state index is 13.4. The van der Waals surface area contributed by atoms with Gasteiger partial charge in [-0.2, -0.15) is 0 Å². The van der Waals surface area contributed by atoms with Crippen LogP contribution in [0.25, 0.3) is 10.9 Å². The maximum absolute atomic E-state index is 13.4. The molecule has 0 unspecified atom stereocenters. The van der Waals surface area contributed by atoms with Crippen molar-refractivity contribution in [1.29, 1.82) is 0 Å². The first kappa shape index (κ1) is 23.0. The van der Waals surface area contributed by atoms with Crippen molar-refractivity contribution >= 4 is 28.4 Å². The molecule has 0 radical (unpaired) electrons. The van der Waals surface area contributed by atoms with Crippen LogP contribution in [0.1, 0.15) is 40.3 Å². The highest BCUT2D eigenvalue weighted by molar-refractivity contribution is 6.30. The van der Waals surface area contributed by atoms with E-state index in [4.69, 9.17) is 21.3 Å². The van der Waals surface area contributed by atoms with Gasteiger partial charge in [0.05, 0.1) is 18.7 Å². The Morgan fingerprint density at radius 3 is 2.72 bits per heavy atom. The predicted octanol–water partition coefficient (Wildman–Crippen LogP) is 5.48. The normalized spacial score (nSPS) is 19.0. The minimum absolute atomic E-state index is 0.160. The third-order valence-corrected chi connectivity index (χ3v) is 7.65. The molecule has 182 valence electrons. The largest absolute Gasteiger partial charge is 0.496 e. The van der Waals surface area contributed by atoms with Crippen LogP contribution in [0.5, 0.6) is 5.75 Å². The molecule has 1 N–H and O–H groups in total. The number of carbonyl (C=O) groups is 1. The van der Waals surface area contributed by atoms with Crippen LogP contribution in [0.3, 0.4) is 0 Å². The number of pyridine rings is 1. The van der Waals surface area contributed by atoms with E-state index >= 15 is 0 Å². The molecule has 2 atom stereocenters. The molecule has 1 aromatic heterocycles. The van der Waals surface area contributed by atoms with Crippen molar-refractivity contribution in [3.63, 3.8) is 0 Å². The number of carbonyl (C=O) groups excluding carboxylic acids is 1. The number of hydrogen-bond acceptors (Lipinski definition) is 4. The van der Waals surface area contributed by atoms with Crippen LogP contribution in [0.15, 0.2) is 72.8 Å². The van der Waals surface area contributed by atoms with Crippen molar-refractivity contribution in [3.05, 3.63) is 106 Å². The van der Waals surface area contributed by atoms with Gasteiger partial charge < -0.3 is 15.0 Å². The maximum Gasteiger partial charge on any atom is 0.240 e. The minimum atomic E-state index is -0.175. The lowest BCUT2D eigenvalue weighted by Crippen LogP contribution is -2.40.